The van der Waals surface area contributed by atoms with Gasteiger partial charge in [-0.15, -0.1) is 0 Å². The van der Waals surface area contributed by atoms with Crippen molar-refractivity contribution in [3.05, 3.63) is 70.0 Å². The van der Waals surface area contributed by atoms with Gasteiger partial charge in [0, 0.05) is 5.56 Å². The van der Waals surface area contributed by atoms with Crippen molar-refractivity contribution in [1.29, 1.82) is 0 Å². The molecule has 0 radical (unpaired) electrons. The fourth-order valence-electron chi connectivity index (χ4n) is 3.07. The topological polar surface area (TPSA) is 0 Å². The lowest BCUT2D eigenvalue weighted by atomic mass is 9.79. The van der Waals surface area contributed by atoms with Crippen molar-refractivity contribution >= 4 is 0 Å². The van der Waals surface area contributed by atoms with Crippen LogP contribution in [0.2, 0.25) is 0 Å². The van der Waals surface area contributed by atoms with Gasteiger partial charge in [-0.05, 0) is 73.1 Å². The molecule has 0 nitrogen and oxygen atoms in total. The molecule has 20 heavy (non-hydrogen) atoms. The van der Waals surface area contributed by atoms with Crippen molar-refractivity contribution in [3.8, 4) is 0 Å². The molecule has 0 heterocycles. The Kier molecular flexibility index (Phi) is 3.28. The second-order valence-corrected chi connectivity index (χ2v) is 5.49. The number of hydrogen-bond donors (Lipinski definition) is 0. The van der Waals surface area contributed by atoms with Crippen LogP contribution in [0.5, 0.6) is 0 Å². The molecule has 3 heteroatoms. The van der Waals surface area contributed by atoms with Gasteiger partial charge in [0.25, 0.3) is 0 Å². The summed E-state index contributed by atoms with van der Waals surface area (Å²) in [5.41, 5.74) is 2.70. The van der Waals surface area contributed by atoms with Crippen LogP contribution in [0, 0.1) is 24.4 Å². The summed E-state index contributed by atoms with van der Waals surface area (Å²) in [5, 5.41) is 0. The molecule has 2 aromatic rings. The van der Waals surface area contributed by atoms with Crippen LogP contribution < -0.4 is 0 Å². The lowest BCUT2D eigenvalue weighted by Gasteiger charge is -2.25. The highest BCUT2D eigenvalue weighted by Crippen LogP contribution is 2.35. The highest BCUT2D eigenvalue weighted by atomic mass is 19.1. The molecule has 3 rings (SSSR count). The number of rotatable bonds is 1. The molecule has 1 unspecified atom stereocenters. The third-order valence-corrected chi connectivity index (χ3v) is 4.03. The van der Waals surface area contributed by atoms with E-state index in [1.807, 2.05) is 0 Å². The average Bonchev–Trinajstić information content (AvgIpc) is 2.37. The Morgan fingerprint density at radius 1 is 0.950 bits per heavy atom. The minimum absolute atomic E-state index is 0.172. The lowest BCUT2D eigenvalue weighted by molar-refractivity contribution is 0.489. The zero-order valence-corrected chi connectivity index (χ0v) is 11.2. The molecule has 0 N–H and O–H groups in total. The summed E-state index contributed by atoms with van der Waals surface area (Å²) in [4.78, 5) is 0. The molecule has 0 bridgehead atoms. The maximum absolute atomic E-state index is 14.0. The quantitative estimate of drug-likeness (QED) is 0.709. The van der Waals surface area contributed by atoms with Gasteiger partial charge < -0.3 is 0 Å². The van der Waals surface area contributed by atoms with Crippen LogP contribution >= 0.6 is 0 Å². The Balaban J connectivity index is 1.96. The van der Waals surface area contributed by atoms with Crippen LogP contribution in [0.15, 0.2) is 30.3 Å². The molecule has 0 saturated heterocycles. The molecule has 0 aromatic heterocycles. The minimum Gasteiger partial charge on any atom is -0.207 e. The summed E-state index contributed by atoms with van der Waals surface area (Å²) in [6, 6.07) is 7.40. The Morgan fingerprint density at radius 2 is 1.65 bits per heavy atom. The molecular formula is C17H15F3. The number of fused-ring (bicyclic) bond motifs is 1. The number of aryl methyl sites for hydroxylation is 2. The van der Waals surface area contributed by atoms with Crippen molar-refractivity contribution in [2.45, 2.75) is 32.1 Å². The minimum atomic E-state index is -0.474. The molecule has 1 aliphatic rings. The molecule has 2 aromatic carbocycles. The first-order chi connectivity index (χ1) is 9.54. The van der Waals surface area contributed by atoms with E-state index in [-0.39, 0.29) is 17.3 Å². The Labute approximate surface area is 116 Å². The molecule has 104 valence electrons. The van der Waals surface area contributed by atoms with Gasteiger partial charge in [0.05, 0.1) is 0 Å². The van der Waals surface area contributed by atoms with Gasteiger partial charge in [-0.25, -0.2) is 13.2 Å². The third-order valence-electron chi connectivity index (χ3n) is 4.03. The zero-order chi connectivity index (χ0) is 14.3. The largest absolute Gasteiger partial charge is 0.207 e. The van der Waals surface area contributed by atoms with Crippen molar-refractivity contribution in [2.24, 2.45) is 0 Å². The maximum Gasteiger partial charge on any atom is 0.129 e. The summed E-state index contributed by atoms with van der Waals surface area (Å²) in [6.07, 6.45) is 1.87. The summed E-state index contributed by atoms with van der Waals surface area (Å²) in [5.74, 6) is -1.38. The Morgan fingerprint density at radius 3 is 2.35 bits per heavy atom. The number of benzene rings is 2. The van der Waals surface area contributed by atoms with Gasteiger partial charge in [-0.2, -0.15) is 0 Å². The summed E-state index contributed by atoms with van der Waals surface area (Å²) >= 11 is 0. The maximum atomic E-state index is 14.0. The smallest absolute Gasteiger partial charge is 0.129 e. The van der Waals surface area contributed by atoms with Gasteiger partial charge >= 0.3 is 0 Å². The molecule has 0 fully saturated rings. The first-order valence-corrected chi connectivity index (χ1v) is 6.77. The van der Waals surface area contributed by atoms with Gasteiger partial charge in [-0.1, -0.05) is 6.07 Å². The standard InChI is InChI=1S/C17H15F3/c1-10-6-15(19)17(16(20)7-10)13-3-2-12-9-14(18)5-4-11(12)8-13/h4-7,9,13H,2-3,8H2,1H3. The SMILES string of the molecule is Cc1cc(F)c(C2CCc3cc(F)ccc3C2)c(F)c1. The average molecular weight is 276 g/mol. The van der Waals surface area contributed by atoms with E-state index in [4.69, 9.17) is 0 Å². The van der Waals surface area contributed by atoms with E-state index in [0.717, 1.165) is 11.1 Å². The molecule has 0 spiro atoms. The lowest BCUT2D eigenvalue weighted by Crippen LogP contribution is -2.16. The Bertz CT molecular complexity index is 638. The van der Waals surface area contributed by atoms with E-state index in [9.17, 15) is 13.2 Å². The van der Waals surface area contributed by atoms with Crippen molar-refractivity contribution in [2.75, 3.05) is 0 Å². The Hall–Kier alpha value is -1.77. The highest BCUT2D eigenvalue weighted by molar-refractivity contribution is 5.36. The van der Waals surface area contributed by atoms with Gasteiger partial charge in [0.1, 0.15) is 17.5 Å². The van der Waals surface area contributed by atoms with Crippen LogP contribution in [0.4, 0.5) is 13.2 Å². The summed E-state index contributed by atoms with van der Waals surface area (Å²) < 4.78 is 41.2. The molecule has 1 aliphatic carbocycles. The predicted molar refractivity (Wildman–Crippen MR) is 72.3 cm³/mol. The van der Waals surface area contributed by atoms with Gasteiger partial charge in [0.15, 0.2) is 0 Å². The first-order valence-electron chi connectivity index (χ1n) is 6.77. The fourth-order valence-corrected chi connectivity index (χ4v) is 3.07. The van der Waals surface area contributed by atoms with Crippen molar-refractivity contribution < 1.29 is 13.2 Å². The van der Waals surface area contributed by atoms with E-state index < -0.39 is 11.6 Å². The van der Waals surface area contributed by atoms with E-state index in [0.29, 0.717) is 24.8 Å². The molecule has 0 amide bonds. The monoisotopic (exact) mass is 276 g/mol. The molecular weight excluding hydrogens is 261 g/mol. The van der Waals surface area contributed by atoms with E-state index >= 15 is 0 Å². The van der Waals surface area contributed by atoms with Crippen molar-refractivity contribution in [1.82, 2.24) is 0 Å². The molecule has 0 saturated carbocycles. The van der Waals surface area contributed by atoms with Gasteiger partial charge in [0.2, 0.25) is 0 Å². The zero-order valence-electron chi connectivity index (χ0n) is 11.2. The summed E-state index contributed by atoms with van der Waals surface area (Å²) in [6.45, 7) is 1.68. The first kappa shape index (κ1) is 13.2. The second kappa shape index (κ2) is 4.97. The highest BCUT2D eigenvalue weighted by Gasteiger charge is 2.25. The normalized spacial score (nSPS) is 17.9. The second-order valence-electron chi connectivity index (χ2n) is 5.49. The van der Waals surface area contributed by atoms with Crippen molar-refractivity contribution in [3.63, 3.8) is 0 Å². The molecule has 1 atom stereocenters. The van der Waals surface area contributed by atoms with E-state index in [1.54, 1.807) is 13.0 Å². The van der Waals surface area contributed by atoms with Crippen LogP contribution in [-0.2, 0) is 12.8 Å². The van der Waals surface area contributed by atoms with Crippen LogP contribution in [0.1, 0.15) is 34.6 Å². The fraction of sp³-hybridized carbons (Fsp3) is 0.294. The van der Waals surface area contributed by atoms with Crippen LogP contribution in [0.25, 0.3) is 0 Å². The van der Waals surface area contributed by atoms with E-state index in [1.165, 1.54) is 24.3 Å². The summed E-state index contributed by atoms with van der Waals surface area (Å²) in [7, 11) is 0. The molecule has 0 aliphatic heterocycles. The van der Waals surface area contributed by atoms with Gasteiger partial charge in [-0.3, -0.25) is 0 Å². The predicted octanol–water partition coefficient (Wildman–Crippen LogP) is 4.68. The number of halogens is 3. The number of hydrogen-bond acceptors (Lipinski definition) is 0. The third kappa shape index (κ3) is 2.33. The van der Waals surface area contributed by atoms with Crippen LogP contribution in [0.3, 0.4) is 0 Å². The van der Waals surface area contributed by atoms with Crippen LogP contribution in [-0.4, -0.2) is 0 Å². The van der Waals surface area contributed by atoms with E-state index in [2.05, 4.69) is 0 Å².